The molecule has 2 aromatic rings. The van der Waals surface area contributed by atoms with Crippen LogP contribution in [-0.2, 0) is 0 Å². The van der Waals surface area contributed by atoms with Gasteiger partial charge in [-0.15, -0.1) is 0 Å². The zero-order valence-corrected chi connectivity index (χ0v) is 11.6. The highest BCUT2D eigenvalue weighted by atomic mass is 16.5. The van der Waals surface area contributed by atoms with E-state index < -0.39 is 0 Å². The Bertz CT molecular complexity index is 502. The number of methoxy groups -OCH3 is 1. The third-order valence-electron chi connectivity index (χ3n) is 3.45. The van der Waals surface area contributed by atoms with E-state index in [0.717, 1.165) is 12.2 Å². The van der Waals surface area contributed by atoms with Gasteiger partial charge in [0.25, 0.3) is 0 Å². The van der Waals surface area contributed by atoms with E-state index in [1.54, 1.807) is 7.11 Å². The Morgan fingerprint density at radius 2 is 1.47 bits per heavy atom. The lowest BCUT2D eigenvalue weighted by Crippen LogP contribution is -2.08. The quantitative estimate of drug-likeness (QED) is 0.887. The highest BCUT2D eigenvalue weighted by Crippen LogP contribution is 2.29. The van der Waals surface area contributed by atoms with Gasteiger partial charge in [-0.1, -0.05) is 42.0 Å². The van der Waals surface area contributed by atoms with Crippen LogP contribution in [0.25, 0.3) is 0 Å². The largest absolute Gasteiger partial charge is 0.497 e. The molecule has 0 aromatic heterocycles. The Kier molecular flexibility index (Phi) is 4.58. The summed E-state index contributed by atoms with van der Waals surface area (Å²) in [5, 5.41) is 0. The second-order valence-electron chi connectivity index (χ2n) is 4.81. The number of nitrogens with two attached hydrogens (primary N) is 1. The number of rotatable bonds is 5. The maximum Gasteiger partial charge on any atom is 0.118 e. The lowest BCUT2D eigenvalue weighted by Gasteiger charge is -2.18. The van der Waals surface area contributed by atoms with Crippen molar-refractivity contribution in [1.29, 1.82) is 0 Å². The van der Waals surface area contributed by atoms with Gasteiger partial charge in [-0.25, -0.2) is 0 Å². The molecular formula is C17H21NO. The summed E-state index contributed by atoms with van der Waals surface area (Å²) in [4.78, 5) is 0. The van der Waals surface area contributed by atoms with E-state index in [1.165, 1.54) is 16.7 Å². The Labute approximate surface area is 115 Å². The van der Waals surface area contributed by atoms with E-state index in [-0.39, 0.29) is 0 Å². The molecule has 0 spiro atoms. The standard InChI is InChI=1S/C17H21NO/c1-13-3-5-14(6-4-13)17(11-12-18)15-7-9-16(19-2)10-8-15/h3-10,17H,11-12,18H2,1-2H3. The van der Waals surface area contributed by atoms with Gasteiger partial charge in [0.05, 0.1) is 7.11 Å². The first kappa shape index (κ1) is 13.6. The van der Waals surface area contributed by atoms with Crippen molar-refractivity contribution in [3.63, 3.8) is 0 Å². The van der Waals surface area contributed by atoms with E-state index in [4.69, 9.17) is 10.5 Å². The molecule has 19 heavy (non-hydrogen) atoms. The lowest BCUT2D eigenvalue weighted by atomic mass is 9.88. The number of hydrogen-bond donors (Lipinski definition) is 1. The first-order valence-electron chi connectivity index (χ1n) is 6.65. The second-order valence-corrected chi connectivity index (χ2v) is 4.81. The SMILES string of the molecule is COc1ccc(C(CCN)c2ccc(C)cc2)cc1. The zero-order chi connectivity index (χ0) is 13.7. The topological polar surface area (TPSA) is 35.2 Å². The van der Waals surface area contributed by atoms with Gasteiger partial charge in [-0.05, 0) is 43.1 Å². The van der Waals surface area contributed by atoms with Gasteiger partial charge in [0.2, 0.25) is 0 Å². The average Bonchev–Trinajstić information content (AvgIpc) is 2.46. The van der Waals surface area contributed by atoms with Crippen molar-refractivity contribution in [2.75, 3.05) is 13.7 Å². The van der Waals surface area contributed by atoms with Crippen molar-refractivity contribution in [3.05, 3.63) is 65.2 Å². The van der Waals surface area contributed by atoms with Gasteiger partial charge in [0, 0.05) is 5.92 Å². The van der Waals surface area contributed by atoms with Crippen LogP contribution in [0, 0.1) is 6.92 Å². The molecule has 0 aliphatic carbocycles. The van der Waals surface area contributed by atoms with Crippen molar-refractivity contribution in [2.45, 2.75) is 19.3 Å². The first-order chi connectivity index (χ1) is 9.24. The number of aryl methyl sites for hydroxylation is 1. The van der Waals surface area contributed by atoms with Crippen LogP contribution in [-0.4, -0.2) is 13.7 Å². The molecule has 2 rings (SSSR count). The van der Waals surface area contributed by atoms with Crippen molar-refractivity contribution < 1.29 is 4.74 Å². The maximum absolute atomic E-state index is 5.77. The fourth-order valence-corrected chi connectivity index (χ4v) is 2.33. The third kappa shape index (κ3) is 3.36. The molecule has 0 fully saturated rings. The Morgan fingerprint density at radius 3 is 1.95 bits per heavy atom. The molecule has 0 saturated heterocycles. The van der Waals surface area contributed by atoms with Crippen LogP contribution < -0.4 is 10.5 Å². The van der Waals surface area contributed by atoms with Crippen molar-refractivity contribution in [3.8, 4) is 5.75 Å². The molecule has 2 aromatic carbocycles. The lowest BCUT2D eigenvalue weighted by molar-refractivity contribution is 0.414. The van der Waals surface area contributed by atoms with Crippen molar-refractivity contribution in [2.24, 2.45) is 5.73 Å². The highest BCUT2D eigenvalue weighted by molar-refractivity contribution is 5.36. The van der Waals surface area contributed by atoms with Gasteiger partial charge in [-0.3, -0.25) is 0 Å². The van der Waals surface area contributed by atoms with Gasteiger partial charge in [-0.2, -0.15) is 0 Å². The molecule has 0 bridgehead atoms. The predicted octanol–water partition coefficient (Wildman–Crippen LogP) is 3.48. The Hall–Kier alpha value is -1.80. The van der Waals surface area contributed by atoms with E-state index in [1.807, 2.05) is 12.1 Å². The van der Waals surface area contributed by atoms with Crippen LogP contribution in [0.4, 0.5) is 0 Å². The molecule has 0 aliphatic rings. The predicted molar refractivity (Wildman–Crippen MR) is 79.7 cm³/mol. The average molecular weight is 255 g/mol. The minimum atomic E-state index is 0.358. The number of ether oxygens (including phenoxy) is 1. The summed E-state index contributed by atoms with van der Waals surface area (Å²) in [6, 6.07) is 17.0. The Balaban J connectivity index is 2.30. The van der Waals surface area contributed by atoms with E-state index in [2.05, 4.69) is 43.3 Å². The van der Waals surface area contributed by atoms with Crippen molar-refractivity contribution in [1.82, 2.24) is 0 Å². The summed E-state index contributed by atoms with van der Waals surface area (Å²) in [5.41, 5.74) is 9.66. The van der Waals surface area contributed by atoms with E-state index in [0.29, 0.717) is 12.5 Å². The highest BCUT2D eigenvalue weighted by Gasteiger charge is 2.13. The monoisotopic (exact) mass is 255 g/mol. The molecule has 0 radical (unpaired) electrons. The minimum absolute atomic E-state index is 0.358. The molecule has 2 N–H and O–H groups in total. The normalized spacial score (nSPS) is 12.2. The minimum Gasteiger partial charge on any atom is -0.497 e. The smallest absolute Gasteiger partial charge is 0.118 e. The summed E-state index contributed by atoms with van der Waals surface area (Å²) >= 11 is 0. The molecule has 2 heteroatoms. The summed E-state index contributed by atoms with van der Waals surface area (Å²) in [5.74, 6) is 1.25. The molecule has 0 amide bonds. The summed E-state index contributed by atoms with van der Waals surface area (Å²) in [7, 11) is 1.69. The van der Waals surface area contributed by atoms with Crippen LogP contribution in [0.5, 0.6) is 5.75 Å². The molecule has 1 unspecified atom stereocenters. The van der Waals surface area contributed by atoms with Crippen LogP contribution in [0.1, 0.15) is 29.0 Å². The molecular weight excluding hydrogens is 234 g/mol. The first-order valence-corrected chi connectivity index (χ1v) is 6.65. The van der Waals surface area contributed by atoms with E-state index >= 15 is 0 Å². The fourth-order valence-electron chi connectivity index (χ4n) is 2.33. The number of hydrogen-bond acceptors (Lipinski definition) is 2. The van der Waals surface area contributed by atoms with Crippen LogP contribution in [0.2, 0.25) is 0 Å². The molecule has 0 heterocycles. The van der Waals surface area contributed by atoms with Crippen LogP contribution in [0.15, 0.2) is 48.5 Å². The third-order valence-corrected chi connectivity index (χ3v) is 3.45. The second kappa shape index (κ2) is 6.39. The molecule has 0 saturated carbocycles. The van der Waals surface area contributed by atoms with Gasteiger partial charge >= 0.3 is 0 Å². The Morgan fingerprint density at radius 1 is 0.947 bits per heavy atom. The summed E-state index contributed by atoms with van der Waals surface area (Å²) < 4.78 is 5.21. The van der Waals surface area contributed by atoms with Gasteiger partial charge < -0.3 is 10.5 Å². The van der Waals surface area contributed by atoms with Crippen molar-refractivity contribution >= 4 is 0 Å². The zero-order valence-electron chi connectivity index (χ0n) is 11.6. The molecule has 2 nitrogen and oxygen atoms in total. The molecule has 0 aliphatic heterocycles. The molecule has 1 atom stereocenters. The van der Waals surface area contributed by atoms with E-state index in [9.17, 15) is 0 Å². The summed E-state index contributed by atoms with van der Waals surface area (Å²) in [6.45, 7) is 2.79. The van der Waals surface area contributed by atoms with Gasteiger partial charge in [0.1, 0.15) is 5.75 Å². The van der Waals surface area contributed by atoms with Gasteiger partial charge in [0.15, 0.2) is 0 Å². The van der Waals surface area contributed by atoms with Crippen LogP contribution in [0.3, 0.4) is 0 Å². The summed E-state index contributed by atoms with van der Waals surface area (Å²) in [6.07, 6.45) is 0.954. The molecule has 100 valence electrons. The van der Waals surface area contributed by atoms with Crippen LogP contribution >= 0.6 is 0 Å². The number of benzene rings is 2. The maximum atomic E-state index is 5.77. The fraction of sp³-hybridized carbons (Fsp3) is 0.294.